The third-order valence-corrected chi connectivity index (χ3v) is 2.01. The summed E-state index contributed by atoms with van der Waals surface area (Å²) in [6, 6.07) is 2.00. The fourth-order valence-corrected chi connectivity index (χ4v) is 1.20. The van der Waals surface area contributed by atoms with Gasteiger partial charge in [-0.2, -0.15) is 0 Å². The molecule has 0 amide bonds. The third kappa shape index (κ3) is 2.46. The quantitative estimate of drug-likeness (QED) is 0.557. The second kappa shape index (κ2) is 4.61. The third-order valence-electron chi connectivity index (χ3n) is 2.01. The van der Waals surface area contributed by atoms with Crippen LogP contribution < -0.4 is 0 Å². The van der Waals surface area contributed by atoms with E-state index in [-0.39, 0.29) is 0 Å². The summed E-state index contributed by atoms with van der Waals surface area (Å²) >= 11 is 0. The highest BCUT2D eigenvalue weighted by molar-refractivity contribution is 5.99. The average molecular weight is 188 g/mol. The van der Waals surface area contributed by atoms with E-state index in [0.717, 1.165) is 22.5 Å². The van der Waals surface area contributed by atoms with E-state index in [0.29, 0.717) is 0 Å². The number of H-pyrrole nitrogens is 1. The maximum absolute atomic E-state index is 4.50. The van der Waals surface area contributed by atoms with E-state index in [1.807, 2.05) is 45.3 Å². The van der Waals surface area contributed by atoms with E-state index >= 15 is 0 Å². The Morgan fingerprint density at radius 2 is 2.21 bits per heavy atom. The van der Waals surface area contributed by atoms with Crippen molar-refractivity contribution in [3.05, 3.63) is 47.9 Å². The number of aliphatic imine (C=N–C) groups is 1. The minimum Gasteiger partial charge on any atom is -0.367 e. The van der Waals surface area contributed by atoms with Crippen LogP contribution in [-0.4, -0.2) is 10.7 Å². The van der Waals surface area contributed by atoms with Crippen LogP contribution in [0.5, 0.6) is 0 Å². The number of hydrogen-bond acceptors (Lipinski definition) is 1. The standard InChI is InChI=1S/C12H16N2/c1-5-12(9(2)3)14-10(4)11-6-7-13-8-11/h5-8,13H,2H2,1,3-4H3/b12-5-,14-10?. The molecule has 14 heavy (non-hydrogen) atoms. The highest BCUT2D eigenvalue weighted by Crippen LogP contribution is 2.10. The molecule has 1 aromatic rings. The van der Waals surface area contributed by atoms with Gasteiger partial charge in [0.25, 0.3) is 0 Å². The Morgan fingerprint density at radius 3 is 2.64 bits per heavy atom. The second-order valence-electron chi connectivity index (χ2n) is 3.25. The van der Waals surface area contributed by atoms with Gasteiger partial charge in [0.15, 0.2) is 0 Å². The zero-order valence-corrected chi connectivity index (χ0v) is 8.96. The van der Waals surface area contributed by atoms with Crippen LogP contribution in [0.3, 0.4) is 0 Å². The summed E-state index contributed by atoms with van der Waals surface area (Å²) in [5, 5.41) is 0. The Labute approximate surface area is 85.1 Å². The van der Waals surface area contributed by atoms with Gasteiger partial charge in [0.1, 0.15) is 0 Å². The molecule has 1 heterocycles. The first-order valence-electron chi connectivity index (χ1n) is 4.65. The molecule has 0 aliphatic heterocycles. The Kier molecular flexibility index (Phi) is 3.46. The topological polar surface area (TPSA) is 28.1 Å². The van der Waals surface area contributed by atoms with E-state index in [9.17, 15) is 0 Å². The van der Waals surface area contributed by atoms with Crippen LogP contribution >= 0.6 is 0 Å². The number of aromatic nitrogens is 1. The molecule has 2 heteroatoms. The van der Waals surface area contributed by atoms with Crippen molar-refractivity contribution in [2.75, 3.05) is 0 Å². The summed E-state index contributed by atoms with van der Waals surface area (Å²) in [4.78, 5) is 7.50. The van der Waals surface area contributed by atoms with Crippen LogP contribution in [0.4, 0.5) is 0 Å². The Balaban J connectivity index is 2.94. The first kappa shape index (κ1) is 10.5. The largest absolute Gasteiger partial charge is 0.367 e. The highest BCUT2D eigenvalue weighted by Gasteiger charge is 1.99. The molecule has 0 radical (unpaired) electrons. The van der Waals surface area contributed by atoms with E-state index in [1.54, 1.807) is 0 Å². The van der Waals surface area contributed by atoms with Crippen LogP contribution in [0, 0.1) is 0 Å². The molecule has 0 aromatic carbocycles. The SMILES string of the molecule is C=C(C)/C(=C/C)N=C(C)c1cc[nH]c1. The molecule has 0 aliphatic rings. The fraction of sp³-hybridized carbons (Fsp3) is 0.250. The van der Waals surface area contributed by atoms with Crippen LogP contribution in [-0.2, 0) is 0 Å². The van der Waals surface area contributed by atoms with E-state index < -0.39 is 0 Å². The van der Waals surface area contributed by atoms with Gasteiger partial charge in [-0.25, -0.2) is 0 Å². The van der Waals surface area contributed by atoms with Gasteiger partial charge < -0.3 is 4.98 Å². The number of nitrogens with zero attached hydrogens (tertiary/aromatic N) is 1. The van der Waals surface area contributed by atoms with Crippen molar-refractivity contribution in [1.29, 1.82) is 0 Å². The molecule has 1 aromatic heterocycles. The summed E-state index contributed by atoms with van der Waals surface area (Å²) in [6.07, 6.45) is 5.80. The summed E-state index contributed by atoms with van der Waals surface area (Å²) in [6.45, 7) is 9.80. The van der Waals surface area contributed by atoms with Gasteiger partial charge in [0.05, 0.1) is 5.70 Å². The van der Waals surface area contributed by atoms with Crippen molar-refractivity contribution in [2.24, 2.45) is 4.99 Å². The van der Waals surface area contributed by atoms with Crippen molar-refractivity contribution in [3.63, 3.8) is 0 Å². The molecule has 0 unspecified atom stereocenters. The lowest BCUT2D eigenvalue weighted by Crippen LogP contribution is -1.93. The lowest BCUT2D eigenvalue weighted by molar-refractivity contribution is 1.27. The normalized spacial score (nSPS) is 13.1. The molecule has 1 rings (SSSR count). The van der Waals surface area contributed by atoms with E-state index in [4.69, 9.17) is 0 Å². The van der Waals surface area contributed by atoms with Gasteiger partial charge in [-0.1, -0.05) is 12.7 Å². The lowest BCUT2D eigenvalue weighted by Gasteiger charge is -2.01. The van der Waals surface area contributed by atoms with E-state index in [1.165, 1.54) is 0 Å². The maximum atomic E-state index is 4.50. The van der Waals surface area contributed by atoms with Gasteiger partial charge in [-0.3, -0.25) is 4.99 Å². The molecular weight excluding hydrogens is 172 g/mol. The first-order chi connectivity index (χ1) is 6.65. The summed E-state index contributed by atoms with van der Waals surface area (Å²) in [7, 11) is 0. The van der Waals surface area contributed by atoms with Gasteiger partial charge in [-0.15, -0.1) is 0 Å². The molecule has 0 fully saturated rings. The number of rotatable bonds is 3. The smallest absolute Gasteiger partial charge is 0.0613 e. The molecule has 0 aliphatic carbocycles. The van der Waals surface area contributed by atoms with Gasteiger partial charge in [0, 0.05) is 23.7 Å². The Bertz CT molecular complexity index is 367. The molecule has 0 saturated heterocycles. The molecule has 74 valence electrons. The monoisotopic (exact) mass is 188 g/mol. The first-order valence-corrected chi connectivity index (χ1v) is 4.65. The average Bonchev–Trinajstić information content (AvgIpc) is 2.65. The fourth-order valence-electron chi connectivity index (χ4n) is 1.20. The zero-order valence-electron chi connectivity index (χ0n) is 8.96. The number of nitrogens with one attached hydrogen (secondary N) is 1. The predicted octanol–water partition coefficient (Wildman–Crippen LogP) is 3.30. The van der Waals surface area contributed by atoms with Crippen LogP contribution in [0.2, 0.25) is 0 Å². The molecule has 0 atom stereocenters. The van der Waals surface area contributed by atoms with Crippen LogP contribution in [0.25, 0.3) is 0 Å². The number of allylic oxidation sites excluding steroid dienone is 2. The Hall–Kier alpha value is -1.57. The molecule has 0 bridgehead atoms. The zero-order chi connectivity index (χ0) is 10.6. The molecule has 2 nitrogen and oxygen atoms in total. The predicted molar refractivity (Wildman–Crippen MR) is 61.6 cm³/mol. The Morgan fingerprint density at radius 1 is 1.50 bits per heavy atom. The van der Waals surface area contributed by atoms with Gasteiger partial charge in [-0.05, 0) is 32.4 Å². The van der Waals surface area contributed by atoms with Gasteiger partial charge >= 0.3 is 0 Å². The minimum absolute atomic E-state index is 0.948. The van der Waals surface area contributed by atoms with Crippen molar-refractivity contribution in [2.45, 2.75) is 20.8 Å². The highest BCUT2D eigenvalue weighted by atomic mass is 14.8. The molecule has 0 spiro atoms. The van der Waals surface area contributed by atoms with Crippen LogP contribution in [0.15, 0.2) is 47.4 Å². The van der Waals surface area contributed by atoms with Crippen LogP contribution in [0.1, 0.15) is 26.3 Å². The van der Waals surface area contributed by atoms with Crippen molar-refractivity contribution >= 4 is 5.71 Å². The molecule has 1 N–H and O–H groups in total. The second-order valence-corrected chi connectivity index (χ2v) is 3.25. The summed E-state index contributed by atoms with van der Waals surface area (Å²) in [5.41, 5.74) is 4.05. The number of hydrogen-bond donors (Lipinski definition) is 1. The van der Waals surface area contributed by atoms with Crippen molar-refractivity contribution in [3.8, 4) is 0 Å². The molecule has 0 saturated carbocycles. The summed E-state index contributed by atoms with van der Waals surface area (Å²) in [5.74, 6) is 0. The summed E-state index contributed by atoms with van der Waals surface area (Å²) < 4.78 is 0. The van der Waals surface area contributed by atoms with Crippen molar-refractivity contribution in [1.82, 2.24) is 4.98 Å². The maximum Gasteiger partial charge on any atom is 0.0613 e. The van der Waals surface area contributed by atoms with Gasteiger partial charge in [0.2, 0.25) is 0 Å². The lowest BCUT2D eigenvalue weighted by atomic mass is 10.2. The van der Waals surface area contributed by atoms with E-state index in [2.05, 4.69) is 16.6 Å². The minimum atomic E-state index is 0.948. The van der Waals surface area contributed by atoms with Crippen molar-refractivity contribution < 1.29 is 0 Å². The molecular formula is C12H16N2. The number of aromatic amines is 1.